The zero-order valence-corrected chi connectivity index (χ0v) is 10.3. The molecule has 0 radical (unpaired) electrons. The Kier molecular flexibility index (Phi) is 4.00. The van der Waals surface area contributed by atoms with Crippen molar-refractivity contribution in [2.24, 2.45) is 0 Å². The van der Waals surface area contributed by atoms with Crippen molar-refractivity contribution in [2.45, 2.75) is 25.3 Å². The predicted octanol–water partition coefficient (Wildman–Crippen LogP) is 3.06. The Hall–Kier alpha value is -1.09. The fourth-order valence-corrected chi connectivity index (χ4v) is 2.18. The molecule has 0 spiro atoms. The minimum atomic E-state index is -0.325. The van der Waals surface area contributed by atoms with Crippen molar-refractivity contribution in [2.75, 3.05) is 12.4 Å². The van der Waals surface area contributed by atoms with Crippen LogP contribution < -0.4 is 0 Å². The molecule has 0 heterocycles. The van der Waals surface area contributed by atoms with E-state index in [0.717, 1.165) is 12.8 Å². The highest BCUT2D eigenvalue weighted by Crippen LogP contribution is 2.26. The van der Waals surface area contributed by atoms with Gasteiger partial charge in [-0.05, 0) is 43.5 Å². The van der Waals surface area contributed by atoms with Crippen LogP contribution in [0.4, 0.5) is 4.39 Å². The van der Waals surface area contributed by atoms with E-state index in [9.17, 15) is 9.18 Å². The van der Waals surface area contributed by atoms with Gasteiger partial charge in [0.1, 0.15) is 5.82 Å². The molecule has 0 atom stereocenters. The van der Waals surface area contributed by atoms with Gasteiger partial charge in [-0.2, -0.15) is 0 Å². The van der Waals surface area contributed by atoms with Crippen molar-refractivity contribution in [3.05, 3.63) is 35.6 Å². The van der Waals surface area contributed by atoms with Crippen LogP contribution in [0.5, 0.6) is 0 Å². The molecule has 4 heteroatoms. The van der Waals surface area contributed by atoms with E-state index in [-0.39, 0.29) is 11.7 Å². The fourth-order valence-electron chi connectivity index (χ4n) is 2.00. The lowest BCUT2D eigenvalue weighted by molar-refractivity contribution is 0.0598. The topological polar surface area (TPSA) is 20.3 Å². The van der Waals surface area contributed by atoms with Crippen LogP contribution in [0, 0.1) is 5.82 Å². The lowest BCUT2D eigenvalue weighted by Crippen LogP contribution is -2.45. The molecule has 17 heavy (non-hydrogen) atoms. The van der Waals surface area contributed by atoms with Gasteiger partial charge < -0.3 is 4.90 Å². The van der Waals surface area contributed by atoms with Crippen LogP contribution in [0.25, 0.3) is 0 Å². The van der Waals surface area contributed by atoms with Gasteiger partial charge in [-0.3, -0.25) is 4.79 Å². The summed E-state index contributed by atoms with van der Waals surface area (Å²) in [5.74, 6) is 0.0631. The van der Waals surface area contributed by atoms with Crippen molar-refractivity contribution in [1.29, 1.82) is 0 Å². The molecular formula is C13H15ClFNO. The number of amides is 1. The Morgan fingerprint density at radius 1 is 1.35 bits per heavy atom. The maximum absolute atomic E-state index is 12.8. The molecule has 1 aliphatic rings. The summed E-state index contributed by atoms with van der Waals surface area (Å²) in [5, 5.41) is 0. The van der Waals surface area contributed by atoms with E-state index in [2.05, 4.69) is 0 Å². The summed E-state index contributed by atoms with van der Waals surface area (Å²) >= 11 is 5.72. The first kappa shape index (κ1) is 12.4. The second-order valence-electron chi connectivity index (χ2n) is 4.28. The Balaban J connectivity index is 2.12. The first-order valence-corrected chi connectivity index (χ1v) is 6.38. The van der Waals surface area contributed by atoms with Gasteiger partial charge in [0.05, 0.1) is 0 Å². The zero-order valence-electron chi connectivity index (χ0n) is 9.53. The van der Waals surface area contributed by atoms with Crippen LogP contribution in [0.1, 0.15) is 29.6 Å². The molecule has 2 rings (SSSR count). The maximum Gasteiger partial charge on any atom is 0.254 e. The third-order valence-electron chi connectivity index (χ3n) is 3.19. The summed E-state index contributed by atoms with van der Waals surface area (Å²) in [5.41, 5.74) is 0.531. The van der Waals surface area contributed by atoms with Crippen molar-refractivity contribution in [3.63, 3.8) is 0 Å². The standard InChI is InChI=1S/C13H15ClFNO/c14-8-9-16(12-2-1-3-12)13(17)10-4-6-11(15)7-5-10/h4-7,12H,1-3,8-9H2. The maximum atomic E-state index is 12.8. The predicted molar refractivity (Wildman–Crippen MR) is 65.8 cm³/mol. The lowest BCUT2D eigenvalue weighted by atomic mass is 9.91. The molecule has 1 aromatic carbocycles. The summed E-state index contributed by atoms with van der Waals surface area (Å²) in [6.07, 6.45) is 3.26. The molecule has 0 aromatic heterocycles. The number of hydrogen-bond donors (Lipinski definition) is 0. The summed E-state index contributed by atoms with van der Waals surface area (Å²) in [7, 11) is 0. The molecule has 0 bridgehead atoms. The Bertz CT molecular complexity index is 389. The Labute approximate surface area is 105 Å². The lowest BCUT2D eigenvalue weighted by Gasteiger charge is -2.37. The normalized spacial score (nSPS) is 15.4. The highest BCUT2D eigenvalue weighted by Gasteiger charge is 2.28. The van der Waals surface area contributed by atoms with Crippen LogP contribution >= 0.6 is 11.6 Å². The summed E-state index contributed by atoms with van der Waals surface area (Å²) in [6.45, 7) is 0.558. The second kappa shape index (κ2) is 5.50. The van der Waals surface area contributed by atoms with E-state index in [4.69, 9.17) is 11.6 Å². The monoisotopic (exact) mass is 255 g/mol. The van der Waals surface area contributed by atoms with Crippen LogP contribution in [0.3, 0.4) is 0 Å². The van der Waals surface area contributed by atoms with Crippen LogP contribution in [-0.4, -0.2) is 29.3 Å². The Morgan fingerprint density at radius 3 is 2.47 bits per heavy atom. The Morgan fingerprint density at radius 2 is 2.00 bits per heavy atom. The minimum Gasteiger partial charge on any atom is -0.334 e. The van der Waals surface area contributed by atoms with Gasteiger partial charge in [0.25, 0.3) is 5.91 Å². The number of carbonyl (C=O) groups excluding carboxylic acids is 1. The van der Waals surface area contributed by atoms with Gasteiger partial charge in [-0.25, -0.2) is 4.39 Å². The molecule has 1 amide bonds. The SMILES string of the molecule is O=C(c1ccc(F)cc1)N(CCCl)C1CCC1. The quantitative estimate of drug-likeness (QED) is 0.758. The molecule has 1 fully saturated rings. The molecule has 1 saturated carbocycles. The molecule has 1 aliphatic carbocycles. The fraction of sp³-hybridized carbons (Fsp3) is 0.462. The van der Waals surface area contributed by atoms with Crippen molar-refractivity contribution < 1.29 is 9.18 Å². The molecule has 0 N–H and O–H groups in total. The van der Waals surface area contributed by atoms with Gasteiger partial charge in [-0.1, -0.05) is 0 Å². The number of benzene rings is 1. The molecular weight excluding hydrogens is 241 g/mol. The number of halogens is 2. The largest absolute Gasteiger partial charge is 0.334 e. The number of nitrogens with zero attached hydrogens (tertiary/aromatic N) is 1. The molecule has 0 saturated heterocycles. The third kappa shape index (κ3) is 2.78. The van der Waals surface area contributed by atoms with Gasteiger partial charge >= 0.3 is 0 Å². The smallest absolute Gasteiger partial charge is 0.254 e. The van der Waals surface area contributed by atoms with Crippen molar-refractivity contribution in [1.82, 2.24) is 4.90 Å². The summed E-state index contributed by atoms with van der Waals surface area (Å²) in [4.78, 5) is 14.0. The van der Waals surface area contributed by atoms with E-state index >= 15 is 0 Å². The number of rotatable bonds is 4. The second-order valence-corrected chi connectivity index (χ2v) is 4.66. The number of alkyl halides is 1. The van der Waals surface area contributed by atoms with E-state index in [1.165, 1.54) is 30.7 Å². The van der Waals surface area contributed by atoms with Crippen LogP contribution in [0.15, 0.2) is 24.3 Å². The average molecular weight is 256 g/mol. The molecule has 0 aliphatic heterocycles. The van der Waals surface area contributed by atoms with Gasteiger partial charge in [-0.15, -0.1) is 11.6 Å². The van der Waals surface area contributed by atoms with Crippen molar-refractivity contribution in [3.8, 4) is 0 Å². The van der Waals surface area contributed by atoms with Crippen molar-refractivity contribution >= 4 is 17.5 Å². The molecule has 1 aromatic rings. The highest BCUT2D eigenvalue weighted by molar-refractivity contribution is 6.18. The average Bonchev–Trinajstić information content (AvgIpc) is 2.26. The molecule has 2 nitrogen and oxygen atoms in total. The number of carbonyl (C=O) groups is 1. The zero-order chi connectivity index (χ0) is 12.3. The van der Waals surface area contributed by atoms with E-state index < -0.39 is 0 Å². The first-order chi connectivity index (χ1) is 8.22. The van der Waals surface area contributed by atoms with Crippen LogP contribution in [-0.2, 0) is 0 Å². The molecule has 92 valence electrons. The van der Waals surface area contributed by atoms with Gasteiger partial charge in [0.2, 0.25) is 0 Å². The van der Waals surface area contributed by atoms with Crippen LogP contribution in [0.2, 0.25) is 0 Å². The van der Waals surface area contributed by atoms with E-state index in [0.29, 0.717) is 24.0 Å². The van der Waals surface area contributed by atoms with Gasteiger partial charge in [0, 0.05) is 24.0 Å². The molecule has 0 unspecified atom stereocenters. The van der Waals surface area contributed by atoms with E-state index in [1.54, 1.807) is 0 Å². The first-order valence-electron chi connectivity index (χ1n) is 5.85. The summed E-state index contributed by atoms with van der Waals surface area (Å²) in [6, 6.07) is 5.99. The number of hydrogen-bond acceptors (Lipinski definition) is 1. The summed E-state index contributed by atoms with van der Waals surface area (Å²) < 4.78 is 12.8. The third-order valence-corrected chi connectivity index (χ3v) is 3.36. The highest BCUT2D eigenvalue weighted by atomic mass is 35.5. The van der Waals surface area contributed by atoms with Gasteiger partial charge in [0.15, 0.2) is 0 Å². The van der Waals surface area contributed by atoms with E-state index in [1.807, 2.05) is 4.90 Å². The minimum absolute atomic E-state index is 0.0460.